The summed E-state index contributed by atoms with van der Waals surface area (Å²) < 4.78 is 16.2. The second-order valence-electron chi connectivity index (χ2n) is 5.73. The van der Waals surface area contributed by atoms with Crippen LogP contribution in [-0.4, -0.2) is 25.6 Å². The van der Waals surface area contributed by atoms with Crippen LogP contribution in [0.4, 0.5) is 0 Å². The van der Waals surface area contributed by atoms with Crippen LogP contribution in [0.5, 0.6) is 11.5 Å². The van der Waals surface area contributed by atoms with Crippen molar-refractivity contribution in [3.05, 3.63) is 76.0 Å². The number of esters is 1. The number of benzene rings is 2. The molecule has 4 rings (SSSR count). The first-order chi connectivity index (χ1) is 12.6. The first kappa shape index (κ1) is 16.4. The molecule has 2 aliphatic rings. The average molecular weight is 368 g/mol. The van der Waals surface area contributed by atoms with E-state index in [4.69, 9.17) is 25.8 Å². The maximum atomic E-state index is 12.1. The summed E-state index contributed by atoms with van der Waals surface area (Å²) >= 11 is 6.14. The monoisotopic (exact) mass is 367 g/mol. The van der Waals surface area contributed by atoms with Gasteiger partial charge in [0.1, 0.15) is 18.1 Å². The van der Waals surface area contributed by atoms with Crippen LogP contribution >= 0.6 is 11.6 Å². The number of carbonyl (C=O) groups excluding carboxylic acids is 1. The highest BCUT2D eigenvalue weighted by Gasteiger charge is 2.26. The Morgan fingerprint density at radius 2 is 2.08 bits per heavy atom. The molecule has 0 saturated heterocycles. The summed E-state index contributed by atoms with van der Waals surface area (Å²) in [5, 5.41) is 0.475. The maximum Gasteiger partial charge on any atom is 0.363 e. The van der Waals surface area contributed by atoms with E-state index in [1.807, 2.05) is 30.3 Å². The van der Waals surface area contributed by atoms with Crippen LogP contribution in [0, 0.1) is 0 Å². The van der Waals surface area contributed by atoms with Crippen molar-refractivity contribution in [3.8, 4) is 11.5 Å². The molecular formula is C20H14ClNO4. The van der Waals surface area contributed by atoms with Crippen molar-refractivity contribution < 1.29 is 19.0 Å². The summed E-state index contributed by atoms with van der Waals surface area (Å²) in [5.41, 5.74) is 2.52. The molecule has 0 amide bonds. The van der Waals surface area contributed by atoms with Crippen molar-refractivity contribution in [2.45, 2.75) is 0 Å². The molecule has 2 heterocycles. The molecule has 2 aliphatic heterocycles. The quantitative estimate of drug-likeness (QED) is 0.607. The van der Waals surface area contributed by atoms with Crippen LogP contribution in [-0.2, 0) is 9.53 Å². The fraction of sp³-hybridized carbons (Fsp3) is 0.100. The number of halogens is 1. The molecule has 0 bridgehead atoms. The molecule has 0 N–H and O–H groups in total. The minimum absolute atomic E-state index is 0.203. The zero-order chi connectivity index (χ0) is 18.1. The molecule has 0 saturated carbocycles. The smallest absolute Gasteiger partial charge is 0.363 e. The largest absolute Gasteiger partial charge is 0.497 e. The molecule has 0 aromatic heterocycles. The zero-order valence-electron chi connectivity index (χ0n) is 13.9. The highest BCUT2D eigenvalue weighted by atomic mass is 35.5. The van der Waals surface area contributed by atoms with Crippen molar-refractivity contribution in [1.29, 1.82) is 0 Å². The third kappa shape index (κ3) is 3.09. The molecule has 2 aromatic rings. The van der Waals surface area contributed by atoms with E-state index in [-0.39, 0.29) is 11.6 Å². The highest BCUT2D eigenvalue weighted by molar-refractivity contribution is 6.34. The number of rotatable bonds is 3. The third-order valence-corrected chi connectivity index (χ3v) is 4.33. The predicted molar refractivity (Wildman–Crippen MR) is 98.6 cm³/mol. The normalized spacial score (nSPS) is 17.2. The molecule has 0 atom stereocenters. The van der Waals surface area contributed by atoms with Gasteiger partial charge in [-0.3, -0.25) is 0 Å². The van der Waals surface area contributed by atoms with Crippen molar-refractivity contribution >= 4 is 29.5 Å². The van der Waals surface area contributed by atoms with Gasteiger partial charge < -0.3 is 14.2 Å². The minimum Gasteiger partial charge on any atom is -0.497 e. The number of hydrogen-bond acceptors (Lipinski definition) is 5. The molecule has 0 aliphatic carbocycles. The van der Waals surface area contributed by atoms with E-state index in [1.54, 1.807) is 31.4 Å². The fourth-order valence-electron chi connectivity index (χ4n) is 2.71. The Morgan fingerprint density at radius 3 is 2.88 bits per heavy atom. The van der Waals surface area contributed by atoms with Gasteiger partial charge in [-0.2, -0.15) is 0 Å². The number of ether oxygens (including phenoxy) is 3. The lowest BCUT2D eigenvalue weighted by molar-refractivity contribution is -0.130. The van der Waals surface area contributed by atoms with Gasteiger partial charge in [0.2, 0.25) is 5.90 Å². The second kappa shape index (κ2) is 6.69. The number of fused-ring (bicyclic) bond motifs is 1. The molecule has 2 aromatic carbocycles. The summed E-state index contributed by atoms with van der Waals surface area (Å²) in [6.45, 7) is 0.327. The van der Waals surface area contributed by atoms with Crippen LogP contribution < -0.4 is 9.47 Å². The lowest BCUT2D eigenvalue weighted by Gasteiger charge is -2.16. The van der Waals surface area contributed by atoms with Gasteiger partial charge >= 0.3 is 5.97 Å². The van der Waals surface area contributed by atoms with Gasteiger partial charge in [0.15, 0.2) is 5.70 Å². The van der Waals surface area contributed by atoms with Crippen LogP contribution in [0.3, 0.4) is 0 Å². The van der Waals surface area contributed by atoms with E-state index in [9.17, 15) is 4.79 Å². The van der Waals surface area contributed by atoms with Gasteiger partial charge in [-0.15, -0.1) is 0 Å². The number of methoxy groups -OCH3 is 1. The molecular weight excluding hydrogens is 354 g/mol. The number of nitrogens with zero attached hydrogens (tertiary/aromatic N) is 1. The molecule has 0 radical (unpaired) electrons. The SMILES string of the molecule is COc1ccc2c(c1)OCC(/C=C1/N=C(c3ccccc3Cl)OC1=O)=C2. The lowest BCUT2D eigenvalue weighted by Crippen LogP contribution is -2.08. The first-order valence-corrected chi connectivity index (χ1v) is 8.31. The molecule has 0 unspecified atom stereocenters. The average Bonchev–Trinajstić information content (AvgIpc) is 3.02. The number of aliphatic imine (C=N–C) groups is 1. The number of carbonyl (C=O) groups is 1. The van der Waals surface area contributed by atoms with Gasteiger partial charge in [-0.05, 0) is 42.0 Å². The molecule has 6 heteroatoms. The van der Waals surface area contributed by atoms with Crippen molar-refractivity contribution in [2.24, 2.45) is 4.99 Å². The molecule has 130 valence electrons. The summed E-state index contributed by atoms with van der Waals surface area (Å²) in [5.74, 6) is 1.16. The Hall–Kier alpha value is -3.05. The Labute approximate surface area is 155 Å². The Bertz CT molecular complexity index is 991. The first-order valence-electron chi connectivity index (χ1n) is 7.93. The molecule has 0 spiro atoms. The van der Waals surface area contributed by atoms with Crippen LogP contribution in [0.2, 0.25) is 5.02 Å². The van der Waals surface area contributed by atoms with Crippen LogP contribution in [0.1, 0.15) is 11.1 Å². The van der Waals surface area contributed by atoms with E-state index in [1.165, 1.54) is 0 Å². The van der Waals surface area contributed by atoms with E-state index in [0.717, 1.165) is 22.6 Å². The summed E-state index contributed by atoms with van der Waals surface area (Å²) in [4.78, 5) is 16.4. The third-order valence-electron chi connectivity index (χ3n) is 4.00. The van der Waals surface area contributed by atoms with Gasteiger partial charge in [0.25, 0.3) is 0 Å². The van der Waals surface area contributed by atoms with Crippen molar-refractivity contribution in [3.63, 3.8) is 0 Å². The van der Waals surface area contributed by atoms with E-state index in [2.05, 4.69) is 4.99 Å². The molecule has 5 nitrogen and oxygen atoms in total. The summed E-state index contributed by atoms with van der Waals surface area (Å²) in [6.07, 6.45) is 3.61. The Morgan fingerprint density at radius 1 is 1.23 bits per heavy atom. The second-order valence-corrected chi connectivity index (χ2v) is 6.13. The van der Waals surface area contributed by atoms with E-state index >= 15 is 0 Å². The maximum absolute atomic E-state index is 12.1. The van der Waals surface area contributed by atoms with Gasteiger partial charge in [-0.25, -0.2) is 9.79 Å². The van der Waals surface area contributed by atoms with E-state index < -0.39 is 5.97 Å². The Kier molecular flexibility index (Phi) is 4.22. The Balaban J connectivity index is 1.65. The lowest BCUT2D eigenvalue weighted by atomic mass is 10.1. The van der Waals surface area contributed by atoms with Gasteiger partial charge in [-0.1, -0.05) is 23.7 Å². The van der Waals surface area contributed by atoms with Gasteiger partial charge in [0, 0.05) is 11.6 Å². The summed E-state index contributed by atoms with van der Waals surface area (Å²) in [7, 11) is 1.61. The predicted octanol–water partition coefficient (Wildman–Crippen LogP) is 4.01. The highest BCUT2D eigenvalue weighted by Crippen LogP contribution is 2.31. The molecule has 26 heavy (non-hydrogen) atoms. The van der Waals surface area contributed by atoms with Gasteiger partial charge in [0.05, 0.1) is 17.7 Å². The minimum atomic E-state index is -0.513. The van der Waals surface area contributed by atoms with Crippen molar-refractivity contribution in [1.82, 2.24) is 0 Å². The number of hydrogen-bond donors (Lipinski definition) is 0. The molecule has 0 fully saturated rings. The van der Waals surface area contributed by atoms with E-state index in [0.29, 0.717) is 17.2 Å². The zero-order valence-corrected chi connectivity index (χ0v) is 14.6. The van der Waals surface area contributed by atoms with Crippen LogP contribution in [0.25, 0.3) is 6.08 Å². The fourth-order valence-corrected chi connectivity index (χ4v) is 2.92. The summed E-state index contributed by atoms with van der Waals surface area (Å²) in [6, 6.07) is 12.7. The standard InChI is InChI=1S/C20H14ClNO4/c1-24-14-7-6-13-8-12(11-25-18(13)10-14)9-17-20(23)26-19(22-17)15-4-2-3-5-16(15)21/h2-10H,11H2,1H3/b17-9+. The van der Waals surface area contributed by atoms with Crippen molar-refractivity contribution in [2.75, 3.05) is 13.7 Å². The van der Waals surface area contributed by atoms with Crippen LogP contribution in [0.15, 0.2) is 64.8 Å². The topological polar surface area (TPSA) is 57.1 Å². The number of cyclic esters (lactones) is 1.